The van der Waals surface area contributed by atoms with Gasteiger partial charge in [-0.25, -0.2) is 0 Å². The summed E-state index contributed by atoms with van der Waals surface area (Å²) in [6.45, 7) is 4.76. The van der Waals surface area contributed by atoms with Crippen molar-refractivity contribution in [1.82, 2.24) is 0 Å². The summed E-state index contributed by atoms with van der Waals surface area (Å²) in [6.07, 6.45) is 13.6. The van der Waals surface area contributed by atoms with Crippen molar-refractivity contribution in [2.24, 2.45) is 0 Å². The molecule has 113 valence electrons. The minimum Gasteiger partial charge on any atom is -0.130 e. The van der Waals surface area contributed by atoms with Gasteiger partial charge in [0.05, 0.1) is 8.80 Å². The molecule has 1 aromatic carbocycles. The predicted molar refractivity (Wildman–Crippen MR) is 96.9 cm³/mol. The molecule has 0 bridgehead atoms. The molecule has 0 amide bonds. The van der Waals surface area contributed by atoms with Crippen LogP contribution in [0.3, 0.4) is 0 Å². The maximum absolute atomic E-state index is 2.47. The molecule has 1 aromatic rings. The Morgan fingerprint density at radius 1 is 0.850 bits per heavy atom. The summed E-state index contributed by atoms with van der Waals surface area (Å²) < 4.78 is 0. The van der Waals surface area contributed by atoms with Gasteiger partial charge < -0.3 is 0 Å². The molecule has 0 heterocycles. The van der Waals surface area contributed by atoms with E-state index < -0.39 is 0 Å². The minimum absolute atomic E-state index is 0.302. The minimum atomic E-state index is -0.302. The molecule has 0 saturated heterocycles. The quantitative estimate of drug-likeness (QED) is 0.279. The Kier molecular flexibility index (Phi) is 10.2. The van der Waals surface area contributed by atoms with Crippen LogP contribution in [0.25, 0.3) is 0 Å². The molecule has 0 saturated carbocycles. The number of hydrogen-bond donors (Lipinski definition) is 0. The second-order valence-electron chi connectivity index (χ2n) is 5.73. The lowest BCUT2D eigenvalue weighted by Crippen LogP contribution is -2.25. The molecule has 2 heteroatoms. The van der Waals surface area contributed by atoms with Gasteiger partial charge in [0.25, 0.3) is 0 Å². The first-order chi connectivity index (χ1) is 9.77. The van der Waals surface area contributed by atoms with Crippen LogP contribution in [0.4, 0.5) is 0 Å². The van der Waals surface area contributed by atoms with E-state index in [1.807, 2.05) is 11.8 Å². The maximum atomic E-state index is 2.47. The third kappa shape index (κ3) is 7.54. The Morgan fingerprint density at radius 2 is 1.40 bits per heavy atom. The Bertz CT molecular complexity index is 334. The van der Waals surface area contributed by atoms with Gasteiger partial charge in [0.1, 0.15) is 0 Å². The highest BCUT2D eigenvalue weighted by Crippen LogP contribution is 2.14. The lowest BCUT2D eigenvalue weighted by Gasteiger charge is -2.10. The van der Waals surface area contributed by atoms with Crippen molar-refractivity contribution in [1.29, 1.82) is 0 Å². The lowest BCUT2D eigenvalue weighted by molar-refractivity contribution is 0.584. The van der Waals surface area contributed by atoms with Gasteiger partial charge in [-0.15, -0.1) is 11.8 Å². The van der Waals surface area contributed by atoms with Crippen molar-refractivity contribution < 1.29 is 0 Å². The number of rotatable bonds is 11. The largest absolute Gasteiger partial charge is 0.130 e. The van der Waals surface area contributed by atoms with Crippen LogP contribution in [0.1, 0.15) is 58.3 Å². The topological polar surface area (TPSA) is 0 Å². The summed E-state index contributed by atoms with van der Waals surface area (Å²) in [4.78, 5) is 1.38. The standard InChI is InChI=1S/C18H31SSi/c1-4-5-6-7-8-9-10-11-16-20(3)18-14-12-17(19-2)13-15-18/h12-15H,4-11,16H2,1-3H3. The van der Waals surface area contributed by atoms with Crippen LogP contribution in [0, 0.1) is 0 Å². The lowest BCUT2D eigenvalue weighted by atomic mass is 10.1. The fourth-order valence-electron chi connectivity index (χ4n) is 2.54. The molecule has 0 aliphatic heterocycles. The molecule has 0 N–H and O–H groups in total. The van der Waals surface area contributed by atoms with Crippen LogP contribution in [-0.4, -0.2) is 15.1 Å². The summed E-state index contributed by atoms with van der Waals surface area (Å²) in [6, 6.07) is 10.7. The van der Waals surface area contributed by atoms with Gasteiger partial charge in [0.2, 0.25) is 0 Å². The molecular weight excluding hydrogens is 276 g/mol. The van der Waals surface area contributed by atoms with Crippen molar-refractivity contribution in [2.75, 3.05) is 6.26 Å². The zero-order chi connectivity index (χ0) is 14.6. The van der Waals surface area contributed by atoms with Crippen molar-refractivity contribution in [3.63, 3.8) is 0 Å². The maximum Gasteiger partial charge on any atom is 0.0824 e. The molecule has 0 unspecified atom stereocenters. The zero-order valence-corrected chi connectivity index (χ0v) is 15.4. The van der Waals surface area contributed by atoms with Gasteiger partial charge in [-0.3, -0.25) is 0 Å². The highest BCUT2D eigenvalue weighted by Gasteiger charge is 2.07. The second-order valence-corrected chi connectivity index (χ2v) is 9.25. The smallest absolute Gasteiger partial charge is 0.0824 e. The Morgan fingerprint density at radius 3 is 1.95 bits per heavy atom. The van der Waals surface area contributed by atoms with E-state index in [0.29, 0.717) is 0 Å². The third-order valence-electron chi connectivity index (χ3n) is 3.99. The number of unbranched alkanes of at least 4 members (excludes halogenated alkanes) is 7. The van der Waals surface area contributed by atoms with Crippen molar-refractivity contribution >= 4 is 25.7 Å². The van der Waals surface area contributed by atoms with Gasteiger partial charge in [-0.05, 0) is 18.4 Å². The third-order valence-corrected chi connectivity index (χ3v) is 7.15. The summed E-state index contributed by atoms with van der Waals surface area (Å²) in [5.41, 5.74) is 0. The van der Waals surface area contributed by atoms with Gasteiger partial charge >= 0.3 is 0 Å². The highest BCUT2D eigenvalue weighted by atomic mass is 32.2. The first-order valence-electron chi connectivity index (χ1n) is 8.24. The molecule has 0 nitrogen and oxygen atoms in total. The number of benzene rings is 1. The van der Waals surface area contributed by atoms with E-state index in [9.17, 15) is 0 Å². The molecule has 1 rings (SSSR count). The van der Waals surface area contributed by atoms with Gasteiger partial charge in [0, 0.05) is 4.90 Å². The van der Waals surface area contributed by atoms with E-state index in [0.717, 1.165) is 0 Å². The van der Waals surface area contributed by atoms with Crippen LogP contribution < -0.4 is 5.19 Å². The number of hydrogen-bond acceptors (Lipinski definition) is 1. The van der Waals surface area contributed by atoms with E-state index in [4.69, 9.17) is 0 Å². The molecule has 0 fully saturated rings. The molecule has 1 radical (unpaired) electrons. The fraction of sp³-hybridized carbons (Fsp3) is 0.667. The Hall–Kier alpha value is -0.213. The summed E-state index contributed by atoms with van der Waals surface area (Å²) in [5.74, 6) is 0. The molecule has 0 atom stereocenters. The first-order valence-corrected chi connectivity index (χ1v) is 11.7. The van der Waals surface area contributed by atoms with E-state index in [-0.39, 0.29) is 8.80 Å². The van der Waals surface area contributed by atoms with Crippen LogP contribution in [-0.2, 0) is 0 Å². The Labute approximate surface area is 132 Å². The normalized spacial score (nSPS) is 11.2. The average Bonchev–Trinajstić information content (AvgIpc) is 2.50. The SMILES string of the molecule is CCCCCCCCCC[Si](C)c1ccc(SC)cc1. The van der Waals surface area contributed by atoms with Crippen molar-refractivity contribution in [3.8, 4) is 0 Å². The first kappa shape index (κ1) is 17.8. The summed E-state index contributed by atoms with van der Waals surface area (Å²) in [7, 11) is -0.302. The summed E-state index contributed by atoms with van der Waals surface area (Å²) >= 11 is 1.83. The van der Waals surface area contributed by atoms with E-state index >= 15 is 0 Å². The van der Waals surface area contributed by atoms with Gasteiger partial charge in [0.15, 0.2) is 0 Å². The van der Waals surface area contributed by atoms with Crippen LogP contribution in [0.15, 0.2) is 29.2 Å². The van der Waals surface area contributed by atoms with E-state index in [1.54, 1.807) is 5.19 Å². The van der Waals surface area contributed by atoms with E-state index in [2.05, 4.69) is 44.0 Å². The Balaban J connectivity index is 2.08. The molecule has 0 aromatic heterocycles. The van der Waals surface area contributed by atoms with Crippen LogP contribution in [0.2, 0.25) is 12.6 Å². The van der Waals surface area contributed by atoms with Gasteiger partial charge in [-0.1, -0.05) is 88.2 Å². The van der Waals surface area contributed by atoms with Crippen LogP contribution >= 0.6 is 11.8 Å². The predicted octanol–water partition coefficient (Wildman–Crippen LogP) is 5.88. The van der Waals surface area contributed by atoms with Crippen molar-refractivity contribution in [2.45, 2.75) is 75.8 Å². The summed E-state index contributed by atoms with van der Waals surface area (Å²) in [5, 5.41) is 1.61. The molecule has 0 aliphatic carbocycles. The van der Waals surface area contributed by atoms with Gasteiger partial charge in [-0.2, -0.15) is 0 Å². The molecular formula is C18H31SSi. The number of thioether (sulfide) groups is 1. The monoisotopic (exact) mass is 307 g/mol. The van der Waals surface area contributed by atoms with Crippen LogP contribution in [0.5, 0.6) is 0 Å². The molecule has 0 aliphatic rings. The molecule has 20 heavy (non-hydrogen) atoms. The highest BCUT2D eigenvalue weighted by molar-refractivity contribution is 7.98. The zero-order valence-electron chi connectivity index (χ0n) is 13.6. The molecule has 0 spiro atoms. The van der Waals surface area contributed by atoms with Crippen molar-refractivity contribution in [3.05, 3.63) is 24.3 Å². The van der Waals surface area contributed by atoms with E-state index in [1.165, 1.54) is 62.3 Å². The average molecular weight is 308 g/mol. The fourth-order valence-corrected chi connectivity index (χ4v) is 4.76. The second kappa shape index (κ2) is 11.4.